The zero-order valence-corrected chi connectivity index (χ0v) is 10.9. The van der Waals surface area contributed by atoms with Crippen LogP contribution in [0.4, 0.5) is 0 Å². The zero-order valence-electron chi connectivity index (χ0n) is 10.9. The van der Waals surface area contributed by atoms with Crippen molar-refractivity contribution in [2.24, 2.45) is 0 Å². The van der Waals surface area contributed by atoms with E-state index in [-0.39, 0.29) is 12.0 Å². The summed E-state index contributed by atoms with van der Waals surface area (Å²) in [5.74, 6) is 0.0337. The molecule has 2 saturated heterocycles. The number of aliphatic hydroxyl groups is 1. The molecule has 18 heavy (non-hydrogen) atoms. The lowest BCUT2D eigenvalue weighted by molar-refractivity contribution is -0.159. The van der Waals surface area contributed by atoms with Crippen molar-refractivity contribution in [1.82, 2.24) is 9.80 Å². The topological polar surface area (TPSA) is 62.2 Å². The number of aliphatic hydroxyl groups excluding tert-OH is 1. The fraction of sp³-hybridized carbons (Fsp3) is 0.917. The summed E-state index contributed by atoms with van der Waals surface area (Å²) in [6.07, 6.45) is -0.746. The Labute approximate surface area is 107 Å². The third-order valence-corrected chi connectivity index (χ3v) is 3.30. The number of β-amino-alcohol motifs (C(OH)–C–C–N with tert-alkyl or cyclic N) is 1. The van der Waals surface area contributed by atoms with E-state index in [1.165, 1.54) is 0 Å². The van der Waals surface area contributed by atoms with Crippen LogP contribution in [0.15, 0.2) is 0 Å². The molecule has 0 unspecified atom stereocenters. The molecule has 0 bridgehead atoms. The molecule has 6 nitrogen and oxygen atoms in total. The Bertz CT molecular complexity index is 271. The average molecular weight is 258 g/mol. The van der Waals surface area contributed by atoms with Crippen LogP contribution in [-0.2, 0) is 14.3 Å². The third kappa shape index (κ3) is 3.65. The molecule has 0 aromatic rings. The van der Waals surface area contributed by atoms with E-state index < -0.39 is 6.10 Å². The molecule has 2 atom stereocenters. The summed E-state index contributed by atoms with van der Waals surface area (Å²) in [6, 6.07) is 0. The van der Waals surface area contributed by atoms with Gasteiger partial charge in [0, 0.05) is 32.7 Å². The number of ether oxygens (including phenoxy) is 2. The molecule has 0 aliphatic carbocycles. The van der Waals surface area contributed by atoms with Crippen molar-refractivity contribution in [3.05, 3.63) is 0 Å². The highest BCUT2D eigenvalue weighted by molar-refractivity contribution is 5.81. The lowest BCUT2D eigenvalue weighted by atomic mass is 10.2. The Balaban J connectivity index is 1.76. The summed E-state index contributed by atoms with van der Waals surface area (Å²) in [7, 11) is 0. The Hall–Kier alpha value is -0.690. The van der Waals surface area contributed by atoms with E-state index in [1.54, 1.807) is 6.92 Å². The summed E-state index contributed by atoms with van der Waals surface area (Å²) in [5.41, 5.74) is 0. The summed E-state index contributed by atoms with van der Waals surface area (Å²) >= 11 is 0. The van der Waals surface area contributed by atoms with E-state index in [0.29, 0.717) is 39.5 Å². The first-order chi connectivity index (χ1) is 8.66. The van der Waals surface area contributed by atoms with Crippen LogP contribution in [0.3, 0.4) is 0 Å². The maximum absolute atomic E-state index is 12.1. The average Bonchev–Trinajstić information content (AvgIpc) is 2.39. The summed E-state index contributed by atoms with van der Waals surface area (Å²) in [5, 5.41) is 9.32. The van der Waals surface area contributed by atoms with Gasteiger partial charge >= 0.3 is 0 Å². The molecule has 0 saturated carbocycles. The lowest BCUT2D eigenvalue weighted by Crippen LogP contribution is -2.54. The summed E-state index contributed by atoms with van der Waals surface area (Å²) in [6.45, 7) is 6.91. The van der Waals surface area contributed by atoms with Gasteiger partial charge in [0.2, 0.25) is 0 Å². The Morgan fingerprint density at radius 3 is 2.61 bits per heavy atom. The maximum Gasteiger partial charge on any atom is 0.254 e. The number of piperazine rings is 1. The van der Waals surface area contributed by atoms with Crippen molar-refractivity contribution in [1.29, 1.82) is 0 Å². The largest absolute Gasteiger partial charge is 0.392 e. The first-order valence-electron chi connectivity index (χ1n) is 6.55. The highest BCUT2D eigenvalue weighted by atomic mass is 16.6. The van der Waals surface area contributed by atoms with Crippen LogP contribution < -0.4 is 0 Å². The van der Waals surface area contributed by atoms with E-state index in [4.69, 9.17) is 9.47 Å². The standard InChI is InChI=1S/C12H22N2O4/c1-10(15)8-13-2-4-14(5-3-13)12(16)11-9-17-6-7-18-11/h10-11,15H,2-9H2,1H3/t10-,11-/m1/s1. The SMILES string of the molecule is C[C@@H](O)CN1CCN(C(=O)[C@H]2COCCO2)CC1. The second kappa shape index (κ2) is 6.47. The Morgan fingerprint density at radius 2 is 2.06 bits per heavy atom. The molecule has 1 amide bonds. The molecule has 104 valence electrons. The van der Waals surface area contributed by atoms with Crippen LogP contribution in [0, 0.1) is 0 Å². The van der Waals surface area contributed by atoms with Gasteiger partial charge in [-0.3, -0.25) is 9.69 Å². The molecule has 6 heteroatoms. The van der Waals surface area contributed by atoms with Gasteiger partial charge in [0.05, 0.1) is 25.9 Å². The molecule has 0 aromatic carbocycles. The summed E-state index contributed by atoms with van der Waals surface area (Å²) in [4.78, 5) is 16.1. The predicted molar refractivity (Wildman–Crippen MR) is 65.3 cm³/mol. The number of hydrogen-bond acceptors (Lipinski definition) is 5. The molecule has 2 aliphatic heterocycles. The van der Waals surface area contributed by atoms with Crippen LogP contribution in [0.1, 0.15) is 6.92 Å². The van der Waals surface area contributed by atoms with Crippen molar-refractivity contribution >= 4 is 5.91 Å². The van der Waals surface area contributed by atoms with Gasteiger partial charge in [-0.2, -0.15) is 0 Å². The van der Waals surface area contributed by atoms with Crippen molar-refractivity contribution in [3.63, 3.8) is 0 Å². The molecule has 0 spiro atoms. The quantitative estimate of drug-likeness (QED) is 0.698. The number of carbonyl (C=O) groups excluding carboxylic acids is 1. The fourth-order valence-corrected chi connectivity index (χ4v) is 2.36. The van der Waals surface area contributed by atoms with Crippen molar-refractivity contribution in [2.75, 3.05) is 52.5 Å². The van der Waals surface area contributed by atoms with Gasteiger partial charge in [0.1, 0.15) is 0 Å². The number of carbonyl (C=O) groups is 1. The molecular weight excluding hydrogens is 236 g/mol. The molecule has 1 N–H and O–H groups in total. The normalized spacial score (nSPS) is 28.1. The van der Waals surface area contributed by atoms with Crippen LogP contribution >= 0.6 is 0 Å². The Morgan fingerprint density at radius 1 is 1.33 bits per heavy atom. The first-order valence-corrected chi connectivity index (χ1v) is 6.55. The molecule has 0 aromatic heterocycles. The smallest absolute Gasteiger partial charge is 0.254 e. The number of nitrogens with zero attached hydrogens (tertiary/aromatic N) is 2. The fourth-order valence-electron chi connectivity index (χ4n) is 2.36. The molecule has 2 aliphatic rings. The zero-order chi connectivity index (χ0) is 13.0. The van der Waals surface area contributed by atoms with Gasteiger partial charge in [-0.1, -0.05) is 0 Å². The molecule has 2 fully saturated rings. The van der Waals surface area contributed by atoms with Crippen LogP contribution in [-0.4, -0.2) is 85.6 Å². The summed E-state index contributed by atoms with van der Waals surface area (Å²) < 4.78 is 10.7. The van der Waals surface area contributed by atoms with Crippen molar-refractivity contribution in [2.45, 2.75) is 19.1 Å². The van der Waals surface area contributed by atoms with Crippen LogP contribution in [0.25, 0.3) is 0 Å². The molecular formula is C12H22N2O4. The van der Waals surface area contributed by atoms with Gasteiger partial charge in [-0.25, -0.2) is 0 Å². The van der Waals surface area contributed by atoms with Crippen LogP contribution in [0.2, 0.25) is 0 Å². The highest BCUT2D eigenvalue weighted by Crippen LogP contribution is 2.09. The number of amides is 1. The minimum Gasteiger partial charge on any atom is -0.392 e. The monoisotopic (exact) mass is 258 g/mol. The second-order valence-corrected chi connectivity index (χ2v) is 4.91. The molecule has 2 rings (SSSR count). The minimum absolute atomic E-state index is 0.0337. The van der Waals surface area contributed by atoms with E-state index in [9.17, 15) is 9.90 Å². The van der Waals surface area contributed by atoms with Crippen molar-refractivity contribution in [3.8, 4) is 0 Å². The van der Waals surface area contributed by atoms with Gasteiger partial charge in [0.15, 0.2) is 6.10 Å². The van der Waals surface area contributed by atoms with Gasteiger partial charge in [-0.05, 0) is 6.92 Å². The Kier molecular flexibility index (Phi) is 4.94. The van der Waals surface area contributed by atoms with E-state index >= 15 is 0 Å². The number of hydrogen-bond donors (Lipinski definition) is 1. The molecule has 2 heterocycles. The lowest BCUT2D eigenvalue weighted by Gasteiger charge is -2.37. The predicted octanol–water partition coefficient (Wildman–Crippen LogP) is -1.07. The highest BCUT2D eigenvalue weighted by Gasteiger charge is 2.29. The van der Waals surface area contributed by atoms with Gasteiger partial charge < -0.3 is 19.5 Å². The maximum atomic E-state index is 12.1. The van der Waals surface area contributed by atoms with Crippen LogP contribution in [0.5, 0.6) is 0 Å². The van der Waals surface area contributed by atoms with E-state index in [0.717, 1.165) is 13.1 Å². The minimum atomic E-state index is -0.429. The third-order valence-electron chi connectivity index (χ3n) is 3.30. The number of rotatable bonds is 3. The van der Waals surface area contributed by atoms with Gasteiger partial charge in [0.25, 0.3) is 5.91 Å². The van der Waals surface area contributed by atoms with E-state index in [2.05, 4.69) is 4.90 Å². The second-order valence-electron chi connectivity index (χ2n) is 4.91. The molecule has 0 radical (unpaired) electrons. The first kappa shape index (κ1) is 13.7. The van der Waals surface area contributed by atoms with Crippen molar-refractivity contribution < 1.29 is 19.4 Å². The van der Waals surface area contributed by atoms with E-state index in [1.807, 2.05) is 4.90 Å². The van der Waals surface area contributed by atoms with Gasteiger partial charge in [-0.15, -0.1) is 0 Å².